The number of alkyl halides is 1. The number of nitrogens with zero attached hydrogens (tertiary/aromatic N) is 1. The fourth-order valence-electron chi connectivity index (χ4n) is 1.90. The third kappa shape index (κ3) is 2.65. The Morgan fingerprint density at radius 1 is 1.47 bits per heavy atom. The first-order valence-electron chi connectivity index (χ1n) is 5.82. The summed E-state index contributed by atoms with van der Waals surface area (Å²) >= 11 is 4.77. The molecule has 0 saturated carbocycles. The molecule has 2 nitrogen and oxygen atoms in total. The fourth-order valence-corrected chi connectivity index (χ4v) is 3.36. The molecule has 0 saturated heterocycles. The highest BCUT2D eigenvalue weighted by molar-refractivity contribution is 9.10. The van der Waals surface area contributed by atoms with Crippen LogP contribution in [0.25, 0.3) is 0 Å². The number of rotatable bonds is 2. The number of hydrogen-bond donors (Lipinski definition) is 1. The predicted molar refractivity (Wildman–Crippen MR) is 79.9 cm³/mol. The molecule has 0 aliphatic carbocycles. The quantitative estimate of drug-likeness (QED) is 0.885. The lowest BCUT2D eigenvalue weighted by Gasteiger charge is -2.38. The van der Waals surface area contributed by atoms with E-state index in [-0.39, 0.29) is 10.3 Å². The third-order valence-corrected chi connectivity index (χ3v) is 5.32. The first-order chi connectivity index (χ1) is 8.81. The van der Waals surface area contributed by atoms with Gasteiger partial charge in [-0.15, -0.1) is 11.8 Å². The van der Waals surface area contributed by atoms with Gasteiger partial charge in [0.25, 0.3) is 0 Å². The van der Waals surface area contributed by atoms with E-state index in [2.05, 4.69) is 20.9 Å². The zero-order valence-electron chi connectivity index (χ0n) is 10.7. The standard InChI is InChI=1S/C13H15BrF2N2S/c1-12(2)11(17)18-13(6-15,7-19-12)9-5-8(14)3-4-10(9)16/h3-5H,6-7H2,1-2H3,(H2,17,18). The highest BCUT2D eigenvalue weighted by atomic mass is 79.9. The number of hydrogen-bond acceptors (Lipinski definition) is 3. The number of halogens is 3. The first-order valence-corrected chi connectivity index (χ1v) is 7.60. The smallest absolute Gasteiger partial charge is 0.129 e. The third-order valence-electron chi connectivity index (χ3n) is 3.27. The Hall–Kier alpha value is -0.620. The van der Waals surface area contributed by atoms with Gasteiger partial charge in [-0.05, 0) is 32.0 Å². The lowest BCUT2D eigenvalue weighted by Crippen LogP contribution is -2.46. The average Bonchev–Trinajstić information content (AvgIpc) is 2.36. The lowest BCUT2D eigenvalue weighted by atomic mass is 9.92. The lowest BCUT2D eigenvalue weighted by molar-refractivity contribution is 0.330. The van der Waals surface area contributed by atoms with Gasteiger partial charge in [-0.3, -0.25) is 4.99 Å². The van der Waals surface area contributed by atoms with Gasteiger partial charge in [0.1, 0.15) is 23.9 Å². The van der Waals surface area contributed by atoms with Crippen LogP contribution in [0.1, 0.15) is 19.4 Å². The molecular weight excluding hydrogens is 334 g/mol. The molecule has 0 amide bonds. The van der Waals surface area contributed by atoms with E-state index < -0.39 is 18.0 Å². The fraction of sp³-hybridized carbons (Fsp3) is 0.462. The molecule has 0 aromatic heterocycles. The summed E-state index contributed by atoms with van der Waals surface area (Å²) in [6, 6.07) is 4.47. The molecule has 0 bridgehead atoms. The average molecular weight is 349 g/mol. The van der Waals surface area contributed by atoms with Crippen molar-refractivity contribution < 1.29 is 8.78 Å². The van der Waals surface area contributed by atoms with E-state index in [9.17, 15) is 8.78 Å². The van der Waals surface area contributed by atoms with Crippen molar-refractivity contribution in [3.05, 3.63) is 34.1 Å². The number of aliphatic imine (C=N–C) groups is 1. The van der Waals surface area contributed by atoms with Crippen molar-refractivity contribution in [3.63, 3.8) is 0 Å². The Labute approximate surface area is 124 Å². The van der Waals surface area contributed by atoms with E-state index in [1.165, 1.54) is 17.8 Å². The molecule has 6 heteroatoms. The molecule has 0 spiro atoms. The van der Waals surface area contributed by atoms with Gasteiger partial charge in [0.2, 0.25) is 0 Å². The van der Waals surface area contributed by atoms with Crippen molar-refractivity contribution in [2.75, 3.05) is 12.4 Å². The summed E-state index contributed by atoms with van der Waals surface area (Å²) in [7, 11) is 0. The Kier molecular flexibility index (Phi) is 3.93. The Morgan fingerprint density at radius 3 is 2.74 bits per heavy atom. The summed E-state index contributed by atoms with van der Waals surface area (Å²) < 4.78 is 27.9. The minimum Gasteiger partial charge on any atom is -0.386 e. The molecule has 2 rings (SSSR count). The highest BCUT2D eigenvalue weighted by Crippen LogP contribution is 2.42. The van der Waals surface area contributed by atoms with Crippen molar-refractivity contribution in [3.8, 4) is 0 Å². The second-order valence-corrected chi connectivity index (χ2v) is 7.60. The summed E-state index contributed by atoms with van der Waals surface area (Å²) in [6.45, 7) is 3.08. The van der Waals surface area contributed by atoms with Crippen LogP contribution in [0.3, 0.4) is 0 Å². The molecule has 1 aliphatic heterocycles. The highest BCUT2D eigenvalue weighted by Gasteiger charge is 2.43. The Morgan fingerprint density at radius 2 is 2.16 bits per heavy atom. The SMILES string of the molecule is CC1(C)SCC(CF)(c2cc(Br)ccc2F)N=C1N. The second kappa shape index (κ2) is 5.05. The van der Waals surface area contributed by atoms with E-state index in [0.29, 0.717) is 16.1 Å². The van der Waals surface area contributed by atoms with Crippen LogP contribution in [-0.2, 0) is 5.54 Å². The van der Waals surface area contributed by atoms with Gasteiger partial charge in [0, 0.05) is 15.8 Å². The molecule has 19 heavy (non-hydrogen) atoms. The number of benzene rings is 1. The van der Waals surface area contributed by atoms with Gasteiger partial charge >= 0.3 is 0 Å². The van der Waals surface area contributed by atoms with E-state index in [4.69, 9.17) is 5.73 Å². The van der Waals surface area contributed by atoms with E-state index in [1.807, 2.05) is 13.8 Å². The summed E-state index contributed by atoms with van der Waals surface area (Å²) in [5.41, 5.74) is 4.94. The Balaban J connectivity index is 2.56. The second-order valence-electron chi connectivity index (χ2n) is 5.09. The van der Waals surface area contributed by atoms with Gasteiger partial charge < -0.3 is 5.73 Å². The van der Waals surface area contributed by atoms with Gasteiger partial charge in [0.05, 0.1) is 4.75 Å². The topological polar surface area (TPSA) is 38.4 Å². The maximum atomic E-state index is 14.0. The van der Waals surface area contributed by atoms with Gasteiger partial charge in [-0.25, -0.2) is 8.78 Å². The van der Waals surface area contributed by atoms with Gasteiger partial charge in [0.15, 0.2) is 0 Å². The van der Waals surface area contributed by atoms with Crippen LogP contribution < -0.4 is 5.73 Å². The zero-order chi connectivity index (χ0) is 14.3. The van der Waals surface area contributed by atoms with E-state index >= 15 is 0 Å². The monoisotopic (exact) mass is 348 g/mol. The van der Waals surface area contributed by atoms with Crippen molar-refractivity contribution in [1.82, 2.24) is 0 Å². The number of nitrogens with two attached hydrogens (primary N) is 1. The molecule has 1 unspecified atom stereocenters. The summed E-state index contributed by atoms with van der Waals surface area (Å²) in [5.74, 6) is 0.253. The summed E-state index contributed by atoms with van der Waals surface area (Å²) in [5, 5.41) is 0. The predicted octanol–water partition coefficient (Wildman–Crippen LogP) is 3.64. The van der Waals surface area contributed by atoms with Crippen LogP contribution in [-0.4, -0.2) is 23.0 Å². The summed E-state index contributed by atoms with van der Waals surface area (Å²) in [6.07, 6.45) is 0. The van der Waals surface area contributed by atoms with Crippen molar-refractivity contribution >= 4 is 33.5 Å². The summed E-state index contributed by atoms with van der Waals surface area (Å²) in [4.78, 5) is 4.29. The van der Waals surface area contributed by atoms with Gasteiger partial charge in [-0.1, -0.05) is 15.9 Å². The molecule has 1 heterocycles. The van der Waals surface area contributed by atoms with Crippen molar-refractivity contribution in [1.29, 1.82) is 0 Å². The maximum absolute atomic E-state index is 14.0. The molecule has 1 aromatic rings. The van der Waals surface area contributed by atoms with Crippen molar-refractivity contribution in [2.24, 2.45) is 10.7 Å². The van der Waals surface area contributed by atoms with Crippen LogP contribution in [0, 0.1) is 5.82 Å². The van der Waals surface area contributed by atoms with Crippen LogP contribution in [0.5, 0.6) is 0 Å². The molecule has 1 aliphatic rings. The molecular formula is C13H15BrF2N2S. The molecule has 1 atom stereocenters. The number of amidine groups is 1. The first kappa shape index (κ1) is 14.8. The zero-order valence-corrected chi connectivity index (χ0v) is 13.1. The Bertz CT molecular complexity index is 533. The number of thioether (sulfide) groups is 1. The molecule has 2 N–H and O–H groups in total. The normalized spacial score (nSPS) is 26.1. The minimum absolute atomic E-state index is 0.246. The van der Waals surface area contributed by atoms with Crippen LogP contribution in [0.15, 0.2) is 27.7 Å². The largest absolute Gasteiger partial charge is 0.386 e. The van der Waals surface area contributed by atoms with Crippen LogP contribution in [0.2, 0.25) is 0 Å². The molecule has 0 radical (unpaired) electrons. The van der Waals surface area contributed by atoms with Gasteiger partial charge in [-0.2, -0.15) is 0 Å². The van der Waals surface area contributed by atoms with E-state index in [0.717, 1.165) is 0 Å². The van der Waals surface area contributed by atoms with Crippen LogP contribution >= 0.6 is 27.7 Å². The molecule has 1 aromatic carbocycles. The van der Waals surface area contributed by atoms with E-state index in [1.54, 1.807) is 12.1 Å². The molecule has 0 fully saturated rings. The molecule has 104 valence electrons. The van der Waals surface area contributed by atoms with Crippen molar-refractivity contribution in [2.45, 2.75) is 24.1 Å². The van der Waals surface area contributed by atoms with Crippen LogP contribution in [0.4, 0.5) is 8.78 Å². The maximum Gasteiger partial charge on any atom is 0.129 e. The minimum atomic E-state index is -1.22.